The van der Waals surface area contributed by atoms with Crippen LogP contribution in [0.15, 0.2) is 41.9 Å². The van der Waals surface area contributed by atoms with Gasteiger partial charge in [0, 0.05) is 16.5 Å². The van der Waals surface area contributed by atoms with Gasteiger partial charge in [0.05, 0.1) is 0 Å². The first-order chi connectivity index (χ1) is 10.9. The van der Waals surface area contributed by atoms with Crippen molar-refractivity contribution in [3.05, 3.63) is 53.2 Å². The highest BCUT2D eigenvalue weighted by Crippen LogP contribution is 2.27. The molecule has 2 aromatic heterocycles. The number of ether oxygens (including phenoxy) is 1. The molecule has 0 amide bonds. The second-order valence-electron chi connectivity index (χ2n) is 4.81. The molecule has 120 valence electrons. The van der Waals surface area contributed by atoms with Gasteiger partial charge in [-0.1, -0.05) is 18.2 Å². The van der Waals surface area contributed by atoms with E-state index in [1.165, 1.54) is 0 Å². The first-order valence-corrected chi connectivity index (χ1v) is 7.53. The Morgan fingerprint density at radius 3 is 2.78 bits per heavy atom. The highest BCUT2D eigenvalue weighted by molar-refractivity contribution is 7.17. The van der Waals surface area contributed by atoms with Crippen LogP contribution in [0, 0.1) is 0 Å². The molecule has 2 heterocycles. The third-order valence-corrected chi connectivity index (χ3v) is 4.18. The summed E-state index contributed by atoms with van der Waals surface area (Å²) in [5.41, 5.74) is -0.162. The molecule has 3 aromatic rings. The Morgan fingerprint density at radius 1 is 1.26 bits per heavy atom. The molecule has 0 N–H and O–H groups in total. The molecule has 0 saturated carbocycles. The van der Waals surface area contributed by atoms with Crippen LogP contribution in [0.4, 0.5) is 13.2 Å². The van der Waals surface area contributed by atoms with Crippen molar-refractivity contribution in [1.82, 2.24) is 9.78 Å². The molecule has 1 aromatic carbocycles. The van der Waals surface area contributed by atoms with Crippen molar-refractivity contribution in [3.63, 3.8) is 0 Å². The van der Waals surface area contributed by atoms with Gasteiger partial charge >= 0.3 is 12.1 Å². The molecule has 3 rings (SSSR count). The van der Waals surface area contributed by atoms with Crippen LogP contribution in [0.2, 0.25) is 0 Å². The van der Waals surface area contributed by atoms with Crippen LogP contribution in [0.1, 0.15) is 11.3 Å². The average molecular weight is 340 g/mol. The molecule has 0 aliphatic rings. The number of halogens is 3. The van der Waals surface area contributed by atoms with Gasteiger partial charge in [-0.25, -0.2) is 0 Å². The number of alkyl halides is 3. The van der Waals surface area contributed by atoms with E-state index < -0.39 is 17.8 Å². The Morgan fingerprint density at radius 2 is 2.04 bits per heavy atom. The smallest absolute Gasteiger partial charge is 0.435 e. The van der Waals surface area contributed by atoms with Crippen molar-refractivity contribution < 1.29 is 22.7 Å². The number of carbonyl (C=O) groups is 1. The zero-order valence-electron chi connectivity index (χ0n) is 11.7. The number of benzene rings is 1. The van der Waals surface area contributed by atoms with E-state index in [4.69, 9.17) is 4.74 Å². The third-order valence-electron chi connectivity index (χ3n) is 3.17. The Kier molecular flexibility index (Phi) is 4.08. The van der Waals surface area contributed by atoms with Crippen LogP contribution in [0.5, 0.6) is 0 Å². The molecule has 0 unspecified atom stereocenters. The second kappa shape index (κ2) is 6.04. The Labute approximate surface area is 133 Å². The van der Waals surface area contributed by atoms with Crippen LogP contribution >= 0.6 is 11.3 Å². The van der Waals surface area contributed by atoms with E-state index in [2.05, 4.69) is 5.10 Å². The van der Waals surface area contributed by atoms with Gasteiger partial charge in [0.25, 0.3) is 0 Å². The van der Waals surface area contributed by atoms with Crippen LogP contribution in [0.3, 0.4) is 0 Å². The summed E-state index contributed by atoms with van der Waals surface area (Å²) in [5.74, 6) is -0.642. The fraction of sp³-hybridized carbons (Fsp3) is 0.200. The topological polar surface area (TPSA) is 44.1 Å². The van der Waals surface area contributed by atoms with E-state index in [1.54, 1.807) is 11.3 Å². The normalized spacial score (nSPS) is 11.8. The maximum absolute atomic E-state index is 12.4. The van der Waals surface area contributed by atoms with Crippen molar-refractivity contribution in [2.24, 2.45) is 0 Å². The number of rotatable bonds is 4. The quantitative estimate of drug-likeness (QED) is 0.678. The lowest BCUT2D eigenvalue weighted by atomic mass is 10.2. The number of aromatic nitrogens is 2. The summed E-state index contributed by atoms with van der Waals surface area (Å²) in [6.07, 6.45) is -3.42. The SMILES string of the molecule is O=C(Cn1ccc(C(F)(F)F)n1)OCc1csc2ccccc12. The molecule has 0 bridgehead atoms. The lowest BCUT2D eigenvalue weighted by Crippen LogP contribution is -2.15. The molecule has 0 aliphatic carbocycles. The summed E-state index contributed by atoms with van der Waals surface area (Å²) in [7, 11) is 0. The first-order valence-electron chi connectivity index (χ1n) is 6.65. The van der Waals surface area contributed by atoms with Crippen molar-refractivity contribution in [2.75, 3.05) is 0 Å². The van der Waals surface area contributed by atoms with Gasteiger partial charge in [0.15, 0.2) is 5.69 Å². The Bertz CT molecular complexity index is 838. The zero-order chi connectivity index (χ0) is 16.4. The average Bonchev–Trinajstić information content (AvgIpc) is 3.11. The van der Waals surface area contributed by atoms with E-state index in [0.717, 1.165) is 32.6 Å². The van der Waals surface area contributed by atoms with Gasteiger partial charge in [-0.3, -0.25) is 9.48 Å². The lowest BCUT2D eigenvalue weighted by molar-refractivity contribution is -0.147. The number of hydrogen-bond acceptors (Lipinski definition) is 4. The molecule has 23 heavy (non-hydrogen) atoms. The molecule has 0 radical (unpaired) electrons. The summed E-state index contributed by atoms with van der Waals surface area (Å²) in [6, 6.07) is 8.53. The number of esters is 1. The fourth-order valence-electron chi connectivity index (χ4n) is 2.08. The molecule has 0 spiro atoms. The maximum Gasteiger partial charge on any atom is 0.435 e. The van der Waals surface area contributed by atoms with Gasteiger partial charge in [-0.15, -0.1) is 11.3 Å². The standard InChI is InChI=1S/C15H11F3N2O2S/c16-15(17,18)13-5-6-20(19-13)7-14(21)22-8-10-9-23-12-4-2-1-3-11(10)12/h1-6,9H,7-8H2. The van der Waals surface area contributed by atoms with Crippen molar-refractivity contribution >= 4 is 27.4 Å². The van der Waals surface area contributed by atoms with Gasteiger partial charge in [-0.2, -0.15) is 18.3 Å². The van der Waals surface area contributed by atoms with E-state index in [0.29, 0.717) is 0 Å². The van der Waals surface area contributed by atoms with E-state index in [9.17, 15) is 18.0 Å². The van der Waals surface area contributed by atoms with E-state index >= 15 is 0 Å². The summed E-state index contributed by atoms with van der Waals surface area (Å²) in [5, 5.41) is 6.21. The van der Waals surface area contributed by atoms with E-state index in [-0.39, 0.29) is 13.2 Å². The minimum atomic E-state index is -4.52. The second-order valence-corrected chi connectivity index (χ2v) is 5.73. The van der Waals surface area contributed by atoms with Gasteiger partial charge in [0.1, 0.15) is 13.2 Å². The number of hydrogen-bond donors (Lipinski definition) is 0. The Balaban J connectivity index is 1.60. The first kappa shape index (κ1) is 15.5. The Hall–Kier alpha value is -2.35. The minimum Gasteiger partial charge on any atom is -0.459 e. The van der Waals surface area contributed by atoms with Crippen LogP contribution in [-0.2, 0) is 28.9 Å². The van der Waals surface area contributed by atoms with Gasteiger partial charge in [0.2, 0.25) is 0 Å². The number of fused-ring (bicyclic) bond motifs is 1. The molecular formula is C15H11F3N2O2S. The highest BCUT2D eigenvalue weighted by atomic mass is 32.1. The van der Waals surface area contributed by atoms with Crippen LogP contribution in [-0.4, -0.2) is 15.7 Å². The molecular weight excluding hydrogens is 329 g/mol. The molecule has 0 fully saturated rings. The largest absolute Gasteiger partial charge is 0.459 e. The van der Waals surface area contributed by atoms with Gasteiger partial charge in [-0.05, 0) is 22.9 Å². The molecule has 0 atom stereocenters. The van der Waals surface area contributed by atoms with Crippen molar-refractivity contribution in [3.8, 4) is 0 Å². The summed E-state index contributed by atoms with van der Waals surface area (Å²) in [6.45, 7) is -0.283. The molecule has 8 heteroatoms. The summed E-state index contributed by atoms with van der Waals surface area (Å²) < 4.78 is 44.4. The monoisotopic (exact) mass is 340 g/mol. The summed E-state index contributed by atoms with van der Waals surface area (Å²) >= 11 is 1.54. The van der Waals surface area contributed by atoms with Gasteiger partial charge < -0.3 is 4.74 Å². The molecule has 0 saturated heterocycles. The van der Waals surface area contributed by atoms with Crippen molar-refractivity contribution in [2.45, 2.75) is 19.3 Å². The fourth-order valence-corrected chi connectivity index (χ4v) is 3.03. The predicted molar refractivity (Wildman–Crippen MR) is 78.9 cm³/mol. The van der Waals surface area contributed by atoms with Crippen molar-refractivity contribution in [1.29, 1.82) is 0 Å². The number of thiophene rings is 1. The maximum atomic E-state index is 12.4. The molecule has 4 nitrogen and oxygen atoms in total. The minimum absolute atomic E-state index is 0.0796. The van der Waals surface area contributed by atoms with Crippen LogP contribution < -0.4 is 0 Å². The predicted octanol–water partition coefficient (Wildman–Crippen LogP) is 3.86. The number of nitrogens with zero attached hydrogens (tertiary/aromatic N) is 2. The van der Waals surface area contributed by atoms with Crippen LogP contribution in [0.25, 0.3) is 10.1 Å². The molecule has 0 aliphatic heterocycles. The third kappa shape index (κ3) is 3.53. The summed E-state index contributed by atoms with van der Waals surface area (Å²) in [4.78, 5) is 11.7. The van der Waals surface area contributed by atoms with E-state index in [1.807, 2.05) is 29.6 Å². The zero-order valence-corrected chi connectivity index (χ0v) is 12.5. The lowest BCUT2D eigenvalue weighted by Gasteiger charge is -2.05. The number of carbonyl (C=O) groups excluding carboxylic acids is 1. The highest BCUT2D eigenvalue weighted by Gasteiger charge is 2.33.